The van der Waals surface area contributed by atoms with Crippen molar-refractivity contribution in [2.45, 2.75) is 26.2 Å². The van der Waals surface area contributed by atoms with E-state index in [9.17, 15) is 13.2 Å². The molecule has 1 N–H and O–H groups in total. The van der Waals surface area contributed by atoms with Crippen LogP contribution in [0.2, 0.25) is 0 Å². The van der Waals surface area contributed by atoms with E-state index in [1.807, 2.05) is 48.5 Å². The summed E-state index contributed by atoms with van der Waals surface area (Å²) in [7, 11) is -1.29. The Labute approximate surface area is 192 Å². The first-order valence-corrected chi connectivity index (χ1v) is 13.0. The van der Waals surface area contributed by atoms with E-state index in [1.54, 1.807) is 0 Å². The van der Waals surface area contributed by atoms with Crippen LogP contribution < -0.4 is 14.5 Å². The zero-order valence-electron chi connectivity index (χ0n) is 19.3. The molecule has 1 heterocycles. The summed E-state index contributed by atoms with van der Waals surface area (Å²) in [6.45, 7) is 6.42. The molecule has 0 aromatic heterocycles. The number of carbonyl (C=O) groups is 1. The standard InChI is InChI=1S/C24H34N4O3S/c1-4-20-7-11-23(12-8-20)28(32(3,30)31)15-5-6-24(29)25-21-9-13-22(14-10-21)27-18-16-26(2)17-19-27/h7-14H,4-6,15-19H2,1-3H3,(H,25,29). The van der Waals surface area contributed by atoms with E-state index in [-0.39, 0.29) is 18.9 Å². The Morgan fingerprint density at radius 1 is 1.00 bits per heavy atom. The van der Waals surface area contributed by atoms with E-state index in [1.165, 1.54) is 10.6 Å². The lowest BCUT2D eigenvalue weighted by Gasteiger charge is -2.34. The highest BCUT2D eigenvalue weighted by atomic mass is 32.2. The first-order chi connectivity index (χ1) is 15.3. The van der Waals surface area contributed by atoms with Gasteiger partial charge in [-0.15, -0.1) is 0 Å². The van der Waals surface area contributed by atoms with Crippen molar-refractivity contribution < 1.29 is 13.2 Å². The van der Waals surface area contributed by atoms with E-state index in [2.05, 4.69) is 29.1 Å². The molecular formula is C24H34N4O3S. The van der Waals surface area contributed by atoms with Crippen molar-refractivity contribution in [2.75, 3.05) is 60.5 Å². The van der Waals surface area contributed by atoms with Gasteiger partial charge in [0.05, 0.1) is 11.9 Å². The first-order valence-electron chi connectivity index (χ1n) is 11.2. The number of hydrogen-bond acceptors (Lipinski definition) is 5. The number of sulfonamides is 1. The number of carbonyl (C=O) groups excluding carboxylic acids is 1. The van der Waals surface area contributed by atoms with E-state index in [0.717, 1.165) is 49.5 Å². The average Bonchev–Trinajstić information content (AvgIpc) is 2.77. The summed E-state index contributed by atoms with van der Waals surface area (Å²) in [6, 6.07) is 15.4. The van der Waals surface area contributed by atoms with Crippen LogP contribution >= 0.6 is 0 Å². The molecule has 8 heteroatoms. The molecule has 32 heavy (non-hydrogen) atoms. The molecule has 3 rings (SSSR count). The Bertz CT molecular complexity index is 983. The molecule has 1 fully saturated rings. The SMILES string of the molecule is CCc1ccc(N(CCCC(=O)Nc2ccc(N3CCN(C)CC3)cc2)S(C)(=O)=O)cc1. The number of benzene rings is 2. The topological polar surface area (TPSA) is 73.0 Å². The number of amides is 1. The number of nitrogens with one attached hydrogen (secondary N) is 1. The van der Waals surface area contributed by atoms with Crippen LogP contribution in [0.5, 0.6) is 0 Å². The Hall–Kier alpha value is -2.58. The molecule has 0 aliphatic carbocycles. The summed E-state index contributed by atoms with van der Waals surface area (Å²) >= 11 is 0. The van der Waals surface area contributed by atoms with Gasteiger partial charge in [-0.1, -0.05) is 19.1 Å². The molecular weight excluding hydrogens is 424 g/mol. The summed E-state index contributed by atoms with van der Waals surface area (Å²) in [4.78, 5) is 17.1. The lowest BCUT2D eigenvalue weighted by atomic mass is 10.1. The third kappa shape index (κ3) is 6.71. The van der Waals surface area contributed by atoms with Crippen LogP contribution in [0, 0.1) is 0 Å². The zero-order valence-corrected chi connectivity index (χ0v) is 20.1. The molecule has 0 saturated carbocycles. The molecule has 174 valence electrons. The number of piperazine rings is 1. The predicted molar refractivity (Wildman–Crippen MR) is 132 cm³/mol. The van der Waals surface area contributed by atoms with Crippen molar-refractivity contribution in [1.29, 1.82) is 0 Å². The summed E-state index contributed by atoms with van der Waals surface area (Å²) < 4.78 is 25.9. The lowest BCUT2D eigenvalue weighted by molar-refractivity contribution is -0.116. The number of aryl methyl sites for hydroxylation is 1. The van der Waals surface area contributed by atoms with Crippen LogP contribution in [0.15, 0.2) is 48.5 Å². The maximum Gasteiger partial charge on any atom is 0.232 e. The number of anilines is 3. The smallest absolute Gasteiger partial charge is 0.232 e. The van der Waals surface area contributed by atoms with Gasteiger partial charge in [-0.25, -0.2) is 8.42 Å². The van der Waals surface area contributed by atoms with Crippen molar-refractivity contribution in [3.63, 3.8) is 0 Å². The molecule has 7 nitrogen and oxygen atoms in total. The molecule has 1 aliphatic rings. The highest BCUT2D eigenvalue weighted by molar-refractivity contribution is 7.92. The molecule has 0 bridgehead atoms. The molecule has 0 spiro atoms. The van der Waals surface area contributed by atoms with Crippen LogP contribution in [0.25, 0.3) is 0 Å². The number of hydrogen-bond donors (Lipinski definition) is 1. The van der Waals surface area contributed by atoms with Crippen LogP contribution in [0.4, 0.5) is 17.1 Å². The third-order valence-electron chi connectivity index (χ3n) is 5.82. The first kappa shape index (κ1) is 24.1. The minimum atomic E-state index is -3.42. The minimum absolute atomic E-state index is 0.118. The van der Waals surface area contributed by atoms with Crippen molar-refractivity contribution in [3.8, 4) is 0 Å². The largest absolute Gasteiger partial charge is 0.369 e. The van der Waals surface area contributed by atoms with Gasteiger partial charge in [-0.05, 0) is 61.9 Å². The molecule has 1 amide bonds. The Kier molecular flexibility index (Phi) is 8.15. The Morgan fingerprint density at radius 2 is 1.62 bits per heavy atom. The van der Waals surface area contributed by atoms with E-state index >= 15 is 0 Å². The van der Waals surface area contributed by atoms with Gasteiger partial charge in [0.25, 0.3) is 0 Å². The third-order valence-corrected chi connectivity index (χ3v) is 7.01. The monoisotopic (exact) mass is 458 g/mol. The van der Waals surface area contributed by atoms with Crippen LogP contribution in [-0.2, 0) is 21.2 Å². The number of likely N-dealkylation sites (N-methyl/N-ethyl adjacent to an activating group) is 1. The molecule has 2 aromatic carbocycles. The van der Waals surface area contributed by atoms with Gasteiger partial charge in [0.2, 0.25) is 15.9 Å². The summed E-state index contributed by atoms with van der Waals surface area (Å²) in [5.74, 6) is -0.118. The molecule has 2 aromatic rings. The molecule has 1 aliphatic heterocycles. The fraction of sp³-hybridized carbons (Fsp3) is 0.458. The van der Waals surface area contributed by atoms with Gasteiger partial charge in [0, 0.05) is 50.5 Å². The fourth-order valence-corrected chi connectivity index (χ4v) is 4.78. The second-order valence-corrected chi connectivity index (χ2v) is 10.3. The van der Waals surface area contributed by atoms with Gasteiger partial charge in [-0.2, -0.15) is 0 Å². The van der Waals surface area contributed by atoms with E-state index < -0.39 is 10.0 Å². The highest BCUT2D eigenvalue weighted by Gasteiger charge is 2.18. The second-order valence-electron chi connectivity index (χ2n) is 8.34. The van der Waals surface area contributed by atoms with Crippen molar-refractivity contribution in [1.82, 2.24) is 4.90 Å². The van der Waals surface area contributed by atoms with Gasteiger partial charge < -0.3 is 15.1 Å². The summed E-state index contributed by atoms with van der Waals surface area (Å²) in [6.07, 6.45) is 2.78. The van der Waals surface area contributed by atoms with Gasteiger partial charge in [-0.3, -0.25) is 9.10 Å². The van der Waals surface area contributed by atoms with Crippen molar-refractivity contribution >= 4 is 33.0 Å². The predicted octanol–water partition coefficient (Wildman–Crippen LogP) is 3.19. The maximum absolute atomic E-state index is 12.4. The van der Waals surface area contributed by atoms with E-state index in [0.29, 0.717) is 12.1 Å². The van der Waals surface area contributed by atoms with Crippen LogP contribution in [0.1, 0.15) is 25.3 Å². The molecule has 0 radical (unpaired) electrons. The average molecular weight is 459 g/mol. The van der Waals surface area contributed by atoms with Gasteiger partial charge in [0.1, 0.15) is 0 Å². The lowest BCUT2D eigenvalue weighted by Crippen LogP contribution is -2.44. The molecule has 0 unspecified atom stereocenters. The highest BCUT2D eigenvalue weighted by Crippen LogP contribution is 2.21. The fourth-order valence-electron chi connectivity index (χ4n) is 3.81. The summed E-state index contributed by atoms with van der Waals surface area (Å²) in [5.41, 5.74) is 3.70. The maximum atomic E-state index is 12.4. The van der Waals surface area contributed by atoms with E-state index in [4.69, 9.17) is 0 Å². The summed E-state index contributed by atoms with van der Waals surface area (Å²) in [5, 5.41) is 2.91. The molecule has 0 atom stereocenters. The second kappa shape index (κ2) is 10.8. The van der Waals surface area contributed by atoms with Gasteiger partial charge in [0.15, 0.2) is 0 Å². The zero-order chi connectivity index (χ0) is 23.1. The number of nitrogens with zero attached hydrogens (tertiary/aromatic N) is 3. The Balaban J connectivity index is 1.51. The Morgan fingerprint density at radius 3 is 2.19 bits per heavy atom. The van der Waals surface area contributed by atoms with Crippen molar-refractivity contribution in [2.24, 2.45) is 0 Å². The quantitative estimate of drug-likeness (QED) is 0.625. The molecule has 1 saturated heterocycles. The van der Waals surface area contributed by atoms with Gasteiger partial charge >= 0.3 is 0 Å². The van der Waals surface area contributed by atoms with Crippen molar-refractivity contribution in [3.05, 3.63) is 54.1 Å². The van der Waals surface area contributed by atoms with Crippen LogP contribution in [0.3, 0.4) is 0 Å². The van der Waals surface area contributed by atoms with Crippen LogP contribution in [-0.4, -0.2) is 65.3 Å². The normalized spacial score (nSPS) is 14.9. The number of rotatable bonds is 9. The minimum Gasteiger partial charge on any atom is -0.369 e.